The quantitative estimate of drug-likeness (QED) is 0.520. The number of unbranched alkanes of at least 4 members (excludes halogenated alkanes) is 1. The van der Waals surface area contributed by atoms with Crippen LogP contribution in [0.5, 0.6) is 0 Å². The largest absolute Gasteiger partial charge is 0.345 e. The highest BCUT2D eigenvalue weighted by molar-refractivity contribution is 5.92. The van der Waals surface area contributed by atoms with E-state index in [-0.39, 0.29) is 5.78 Å². The summed E-state index contributed by atoms with van der Waals surface area (Å²) in [6.45, 7) is 2.30. The highest BCUT2D eigenvalue weighted by Gasteiger charge is 2.04. The summed E-state index contributed by atoms with van der Waals surface area (Å²) >= 11 is 0. The molecule has 68 valence electrons. The first-order valence-corrected chi connectivity index (χ1v) is 4.28. The number of carbonyl (C=O) groups is 1. The fourth-order valence-electron chi connectivity index (χ4n) is 1.26. The van der Waals surface area contributed by atoms with E-state index in [4.69, 9.17) is 5.26 Å². The summed E-state index contributed by atoms with van der Waals surface area (Å²) in [7, 11) is 0. The van der Waals surface area contributed by atoms with Gasteiger partial charge < -0.3 is 4.57 Å². The molecule has 0 N–H and O–H groups in total. The zero-order chi connectivity index (χ0) is 9.68. The number of carbonyl (C=O) groups excluding carboxylic acids is 1. The molecule has 0 unspecified atom stereocenters. The number of hydrogen-bond acceptors (Lipinski definition) is 2. The van der Waals surface area contributed by atoms with Gasteiger partial charge in [0, 0.05) is 26.1 Å². The second-order valence-electron chi connectivity index (χ2n) is 2.90. The first kappa shape index (κ1) is 9.53. The van der Waals surface area contributed by atoms with Crippen LogP contribution in [0, 0.1) is 11.3 Å². The molecule has 13 heavy (non-hydrogen) atoms. The predicted molar refractivity (Wildman–Crippen MR) is 49.3 cm³/mol. The van der Waals surface area contributed by atoms with Gasteiger partial charge in [-0.1, -0.05) is 0 Å². The number of nitrogens with zero attached hydrogens (tertiary/aromatic N) is 2. The summed E-state index contributed by atoms with van der Waals surface area (Å²) in [6, 6.07) is 5.73. The van der Waals surface area contributed by atoms with Crippen LogP contribution < -0.4 is 0 Å². The van der Waals surface area contributed by atoms with Crippen molar-refractivity contribution in [3.8, 4) is 6.07 Å². The van der Waals surface area contributed by atoms with Crippen molar-refractivity contribution in [3.05, 3.63) is 24.0 Å². The van der Waals surface area contributed by atoms with Gasteiger partial charge in [0.05, 0.1) is 11.8 Å². The molecule has 0 atom stereocenters. The Balaban J connectivity index is 2.61. The van der Waals surface area contributed by atoms with E-state index in [9.17, 15) is 4.79 Å². The van der Waals surface area contributed by atoms with Gasteiger partial charge in [-0.2, -0.15) is 5.26 Å². The molecule has 1 heterocycles. The molecule has 1 aromatic heterocycles. The lowest BCUT2D eigenvalue weighted by atomic mass is 10.3. The Labute approximate surface area is 77.6 Å². The third kappa shape index (κ3) is 2.45. The van der Waals surface area contributed by atoms with Crippen LogP contribution >= 0.6 is 0 Å². The van der Waals surface area contributed by atoms with Crippen molar-refractivity contribution in [1.29, 1.82) is 5.26 Å². The van der Waals surface area contributed by atoms with Crippen molar-refractivity contribution >= 4 is 5.78 Å². The van der Waals surface area contributed by atoms with Crippen LogP contribution in [0.2, 0.25) is 0 Å². The minimum atomic E-state index is 0.0713. The maximum Gasteiger partial charge on any atom is 0.176 e. The highest BCUT2D eigenvalue weighted by atomic mass is 16.1. The van der Waals surface area contributed by atoms with Crippen molar-refractivity contribution in [2.24, 2.45) is 0 Å². The molecule has 3 nitrogen and oxygen atoms in total. The van der Waals surface area contributed by atoms with Gasteiger partial charge in [-0.25, -0.2) is 0 Å². The Bertz CT molecular complexity index is 333. The summed E-state index contributed by atoms with van der Waals surface area (Å²) in [4.78, 5) is 11.1. The molecular formula is C10H12N2O. The Kier molecular flexibility index (Phi) is 3.27. The molecule has 0 saturated carbocycles. The number of ketones is 1. The molecule has 0 aliphatic heterocycles. The molecule has 1 rings (SSSR count). The Morgan fingerprint density at radius 3 is 3.08 bits per heavy atom. The summed E-state index contributed by atoms with van der Waals surface area (Å²) < 4.78 is 1.89. The molecule has 0 aromatic carbocycles. The van der Waals surface area contributed by atoms with Crippen LogP contribution in [0.15, 0.2) is 18.3 Å². The molecule has 0 aliphatic carbocycles. The summed E-state index contributed by atoms with van der Waals surface area (Å²) in [5.74, 6) is 0.0713. The second-order valence-corrected chi connectivity index (χ2v) is 2.90. The Morgan fingerprint density at radius 2 is 2.46 bits per heavy atom. The van der Waals surface area contributed by atoms with Crippen LogP contribution in [0.1, 0.15) is 30.3 Å². The maximum atomic E-state index is 11.1. The van der Waals surface area contributed by atoms with E-state index in [2.05, 4.69) is 6.07 Å². The normalized spacial score (nSPS) is 9.54. The van der Waals surface area contributed by atoms with Gasteiger partial charge in [0.25, 0.3) is 0 Å². The number of aryl methyl sites for hydroxylation is 1. The number of Topliss-reactive ketones (excluding diaryl/α,β-unsaturated/α-hetero) is 1. The molecule has 0 saturated heterocycles. The van der Waals surface area contributed by atoms with Crippen LogP contribution in [-0.4, -0.2) is 10.4 Å². The van der Waals surface area contributed by atoms with E-state index >= 15 is 0 Å². The lowest BCUT2D eigenvalue weighted by Crippen LogP contribution is -2.05. The topological polar surface area (TPSA) is 45.8 Å². The lowest BCUT2D eigenvalue weighted by Gasteiger charge is -2.04. The standard InChI is InChI=1S/C10H12N2O/c1-9(13)10-5-4-8-12(10)7-3-2-6-11/h4-5,8H,2-3,7H2,1H3. The van der Waals surface area contributed by atoms with E-state index in [1.807, 2.05) is 16.8 Å². The van der Waals surface area contributed by atoms with Crippen molar-refractivity contribution in [3.63, 3.8) is 0 Å². The second kappa shape index (κ2) is 4.46. The average molecular weight is 176 g/mol. The van der Waals surface area contributed by atoms with Crippen LogP contribution in [0.3, 0.4) is 0 Å². The summed E-state index contributed by atoms with van der Waals surface area (Å²) in [5, 5.41) is 8.35. The van der Waals surface area contributed by atoms with Gasteiger partial charge in [0.2, 0.25) is 0 Å². The van der Waals surface area contributed by atoms with Crippen LogP contribution in [0.4, 0.5) is 0 Å². The van der Waals surface area contributed by atoms with Gasteiger partial charge in [0.1, 0.15) is 0 Å². The van der Waals surface area contributed by atoms with E-state index < -0.39 is 0 Å². The third-order valence-corrected chi connectivity index (χ3v) is 1.88. The minimum Gasteiger partial charge on any atom is -0.345 e. The summed E-state index contributed by atoms with van der Waals surface area (Å²) in [6.07, 6.45) is 3.20. The van der Waals surface area contributed by atoms with Crippen molar-refractivity contribution in [1.82, 2.24) is 4.57 Å². The highest BCUT2D eigenvalue weighted by Crippen LogP contribution is 2.05. The third-order valence-electron chi connectivity index (χ3n) is 1.88. The van der Waals surface area contributed by atoms with E-state index in [0.29, 0.717) is 6.42 Å². The Hall–Kier alpha value is -1.56. The number of hydrogen-bond donors (Lipinski definition) is 0. The van der Waals surface area contributed by atoms with Crippen molar-refractivity contribution in [2.75, 3.05) is 0 Å². The van der Waals surface area contributed by atoms with Crippen LogP contribution in [0.25, 0.3) is 0 Å². The van der Waals surface area contributed by atoms with Gasteiger partial charge in [-0.05, 0) is 18.6 Å². The van der Waals surface area contributed by atoms with Gasteiger partial charge in [-0.15, -0.1) is 0 Å². The Morgan fingerprint density at radius 1 is 1.69 bits per heavy atom. The van der Waals surface area contributed by atoms with E-state index in [0.717, 1.165) is 18.7 Å². The summed E-state index contributed by atoms with van der Waals surface area (Å²) in [5.41, 5.74) is 0.720. The zero-order valence-corrected chi connectivity index (χ0v) is 7.66. The molecule has 0 radical (unpaired) electrons. The van der Waals surface area contributed by atoms with Gasteiger partial charge >= 0.3 is 0 Å². The average Bonchev–Trinajstić information content (AvgIpc) is 2.53. The lowest BCUT2D eigenvalue weighted by molar-refractivity contribution is 0.100. The molecule has 0 aliphatic rings. The molecule has 0 fully saturated rings. The molecule has 0 amide bonds. The first-order valence-electron chi connectivity index (χ1n) is 4.28. The van der Waals surface area contributed by atoms with E-state index in [1.54, 1.807) is 13.0 Å². The maximum absolute atomic E-state index is 11.1. The SMILES string of the molecule is CC(=O)c1cccn1CCCC#N. The molecule has 0 bridgehead atoms. The van der Waals surface area contributed by atoms with E-state index in [1.165, 1.54) is 0 Å². The molecular weight excluding hydrogens is 164 g/mol. The fourth-order valence-corrected chi connectivity index (χ4v) is 1.26. The van der Waals surface area contributed by atoms with Crippen molar-refractivity contribution in [2.45, 2.75) is 26.3 Å². The van der Waals surface area contributed by atoms with Crippen molar-refractivity contribution < 1.29 is 4.79 Å². The predicted octanol–water partition coefficient (Wildman–Crippen LogP) is 1.99. The van der Waals surface area contributed by atoms with Gasteiger partial charge in [0.15, 0.2) is 5.78 Å². The molecule has 0 spiro atoms. The number of nitriles is 1. The minimum absolute atomic E-state index is 0.0713. The number of aromatic nitrogens is 1. The van der Waals surface area contributed by atoms with Gasteiger partial charge in [-0.3, -0.25) is 4.79 Å². The zero-order valence-electron chi connectivity index (χ0n) is 7.66. The molecule has 3 heteroatoms. The fraction of sp³-hybridized carbons (Fsp3) is 0.400. The smallest absolute Gasteiger partial charge is 0.176 e. The number of rotatable bonds is 4. The van der Waals surface area contributed by atoms with Crippen LogP contribution in [-0.2, 0) is 6.54 Å². The molecule has 1 aromatic rings. The monoisotopic (exact) mass is 176 g/mol. The first-order chi connectivity index (χ1) is 6.25.